The van der Waals surface area contributed by atoms with Gasteiger partial charge in [-0.1, -0.05) is 30.3 Å². The second kappa shape index (κ2) is 3.43. The molecule has 0 amide bonds. The third-order valence-electron chi connectivity index (χ3n) is 3.12. The van der Waals surface area contributed by atoms with E-state index in [1.54, 1.807) is 0 Å². The van der Waals surface area contributed by atoms with Gasteiger partial charge in [-0.3, -0.25) is 4.90 Å². The molecule has 1 aromatic rings. The molecule has 0 aromatic heterocycles. The lowest BCUT2D eigenvalue weighted by molar-refractivity contribution is 0.240. The van der Waals surface area contributed by atoms with E-state index in [2.05, 4.69) is 11.0 Å². The van der Waals surface area contributed by atoms with E-state index in [1.165, 1.54) is 0 Å². The summed E-state index contributed by atoms with van der Waals surface area (Å²) in [6.07, 6.45) is 2.06. The second-order valence-corrected chi connectivity index (χ2v) is 3.86. The third kappa shape index (κ3) is 1.21. The van der Waals surface area contributed by atoms with Crippen LogP contribution in [0.3, 0.4) is 0 Å². The van der Waals surface area contributed by atoms with Crippen molar-refractivity contribution in [3.8, 4) is 6.07 Å². The van der Waals surface area contributed by atoms with Gasteiger partial charge in [-0.2, -0.15) is 5.26 Å². The number of hydrogen-bond donors (Lipinski definition) is 0. The summed E-state index contributed by atoms with van der Waals surface area (Å²) >= 11 is 0. The molecular formula is C12H14N2. The van der Waals surface area contributed by atoms with Crippen LogP contribution in [0.25, 0.3) is 0 Å². The molecule has 1 saturated heterocycles. The molecule has 2 rings (SSSR count). The van der Waals surface area contributed by atoms with Gasteiger partial charge in [0.15, 0.2) is 0 Å². The molecular weight excluding hydrogens is 172 g/mol. The van der Waals surface area contributed by atoms with Crippen molar-refractivity contribution >= 4 is 0 Å². The fraction of sp³-hybridized carbons (Fsp3) is 0.417. The maximum Gasteiger partial charge on any atom is 0.134 e. The van der Waals surface area contributed by atoms with Gasteiger partial charge in [0.05, 0.1) is 6.07 Å². The normalized spacial score (nSPS) is 27.4. The van der Waals surface area contributed by atoms with E-state index in [9.17, 15) is 5.26 Å². The third-order valence-corrected chi connectivity index (χ3v) is 3.12. The Balaban J connectivity index is 2.44. The summed E-state index contributed by atoms with van der Waals surface area (Å²) in [6, 6.07) is 12.6. The molecule has 1 unspecified atom stereocenters. The van der Waals surface area contributed by atoms with Crippen molar-refractivity contribution in [3.63, 3.8) is 0 Å². The van der Waals surface area contributed by atoms with Crippen LogP contribution in [0, 0.1) is 11.3 Å². The van der Waals surface area contributed by atoms with Gasteiger partial charge in [0.1, 0.15) is 5.54 Å². The van der Waals surface area contributed by atoms with Crippen molar-refractivity contribution in [1.82, 2.24) is 4.90 Å². The Hall–Kier alpha value is -1.33. The average Bonchev–Trinajstić information content (AvgIpc) is 2.62. The smallest absolute Gasteiger partial charge is 0.134 e. The Kier molecular flexibility index (Phi) is 2.26. The van der Waals surface area contributed by atoms with Crippen molar-refractivity contribution in [2.24, 2.45) is 0 Å². The minimum Gasteiger partial charge on any atom is -0.285 e. The van der Waals surface area contributed by atoms with Gasteiger partial charge in [0.2, 0.25) is 0 Å². The van der Waals surface area contributed by atoms with E-state index in [1.807, 2.05) is 37.4 Å². The van der Waals surface area contributed by atoms with E-state index in [4.69, 9.17) is 0 Å². The number of rotatable bonds is 1. The second-order valence-electron chi connectivity index (χ2n) is 3.86. The molecule has 0 aliphatic carbocycles. The van der Waals surface area contributed by atoms with Crippen molar-refractivity contribution in [2.75, 3.05) is 13.6 Å². The minimum atomic E-state index is -0.374. The molecule has 1 fully saturated rings. The lowest BCUT2D eigenvalue weighted by atomic mass is 9.89. The maximum atomic E-state index is 9.35. The van der Waals surface area contributed by atoms with E-state index in [0.29, 0.717) is 0 Å². The molecule has 2 heteroatoms. The Morgan fingerprint density at radius 1 is 1.36 bits per heavy atom. The van der Waals surface area contributed by atoms with Crippen LogP contribution in [0.2, 0.25) is 0 Å². The number of benzene rings is 1. The summed E-state index contributed by atoms with van der Waals surface area (Å²) < 4.78 is 0. The first kappa shape index (κ1) is 9.23. The van der Waals surface area contributed by atoms with Crippen LogP contribution in [-0.2, 0) is 5.54 Å². The quantitative estimate of drug-likeness (QED) is 0.671. The van der Waals surface area contributed by atoms with Crippen LogP contribution < -0.4 is 0 Å². The summed E-state index contributed by atoms with van der Waals surface area (Å²) in [7, 11) is 2.03. The van der Waals surface area contributed by atoms with Gasteiger partial charge in [-0.05, 0) is 32.0 Å². The highest BCUT2D eigenvalue weighted by atomic mass is 15.2. The van der Waals surface area contributed by atoms with Crippen LogP contribution in [-0.4, -0.2) is 18.5 Å². The predicted octanol–water partition coefficient (Wildman–Crippen LogP) is 2.13. The molecule has 14 heavy (non-hydrogen) atoms. The SMILES string of the molecule is CN1CCCC1(C#N)c1ccccc1. The van der Waals surface area contributed by atoms with Gasteiger partial charge in [-0.25, -0.2) is 0 Å². The Bertz CT molecular complexity index is 352. The summed E-state index contributed by atoms with van der Waals surface area (Å²) in [4.78, 5) is 2.16. The van der Waals surface area contributed by atoms with E-state index < -0.39 is 0 Å². The molecule has 0 spiro atoms. The molecule has 1 aliphatic heterocycles. The number of nitrogens with zero attached hydrogens (tertiary/aromatic N) is 2. The molecule has 0 radical (unpaired) electrons. The van der Waals surface area contributed by atoms with Crippen LogP contribution in [0.1, 0.15) is 18.4 Å². The van der Waals surface area contributed by atoms with Crippen LogP contribution in [0.5, 0.6) is 0 Å². The molecule has 0 saturated carbocycles. The minimum absolute atomic E-state index is 0.374. The Morgan fingerprint density at radius 2 is 2.07 bits per heavy atom. The molecule has 0 bridgehead atoms. The standard InChI is InChI=1S/C12H14N2/c1-14-9-5-8-12(14,10-13)11-6-3-2-4-7-11/h2-4,6-7H,5,8-9H2,1H3. The lowest BCUT2D eigenvalue weighted by Crippen LogP contribution is -2.36. The van der Waals surface area contributed by atoms with Crippen LogP contribution in [0.15, 0.2) is 30.3 Å². The zero-order valence-corrected chi connectivity index (χ0v) is 8.40. The first-order chi connectivity index (χ1) is 6.79. The van der Waals surface area contributed by atoms with Gasteiger partial charge in [0, 0.05) is 0 Å². The molecule has 1 aliphatic rings. The van der Waals surface area contributed by atoms with E-state index in [0.717, 1.165) is 24.9 Å². The Labute approximate surface area is 84.8 Å². The number of likely N-dealkylation sites (tertiary alicyclic amines) is 1. The highest BCUT2D eigenvalue weighted by Gasteiger charge is 2.40. The molecule has 1 heterocycles. The highest BCUT2D eigenvalue weighted by molar-refractivity contribution is 5.32. The van der Waals surface area contributed by atoms with Crippen LogP contribution >= 0.6 is 0 Å². The first-order valence-electron chi connectivity index (χ1n) is 4.97. The van der Waals surface area contributed by atoms with Crippen molar-refractivity contribution in [3.05, 3.63) is 35.9 Å². The maximum absolute atomic E-state index is 9.35. The number of hydrogen-bond acceptors (Lipinski definition) is 2. The van der Waals surface area contributed by atoms with E-state index in [-0.39, 0.29) is 5.54 Å². The van der Waals surface area contributed by atoms with E-state index >= 15 is 0 Å². The fourth-order valence-electron chi connectivity index (χ4n) is 2.24. The average molecular weight is 186 g/mol. The zero-order valence-electron chi connectivity index (χ0n) is 8.40. The zero-order chi connectivity index (χ0) is 10.0. The van der Waals surface area contributed by atoms with Gasteiger partial charge < -0.3 is 0 Å². The summed E-state index contributed by atoms with van der Waals surface area (Å²) in [5.41, 5.74) is 0.754. The summed E-state index contributed by atoms with van der Waals surface area (Å²) in [5.74, 6) is 0. The first-order valence-corrected chi connectivity index (χ1v) is 4.97. The van der Waals surface area contributed by atoms with Crippen molar-refractivity contribution in [1.29, 1.82) is 5.26 Å². The highest BCUT2D eigenvalue weighted by Crippen LogP contribution is 2.36. The molecule has 2 nitrogen and oxygen atoms in total. The topological polar surface area (TPSA) is 27.0 Å². The van der Waals surface area contributed by atoms with Crippen LogP contribution in [0.4, 0.5) is 0 Å². The van der Waals surface area contributed by atoms with Crippen molar-refractivity contribution in [2.45, 2.75) is 18.4 Å². The van der Waals surface area contributed by atoms with Gasteiger partial charge >= 0.3 is 0 Å². The molecule has 72 valence electrons. The lowest BCUT2D eigenvalue weighted by Gasteiger charge is -2.29. The summed E-state index contributed by atoms with van der Waals surface area (Å²) in [6.45, 7) is 1.02. The molecule has 1 aromatic carbocycles. The van der Waals surface area contributed by atoms with Gasteiger partial charge in [0.25, 0.3) is 0 Å². The summed E-state index contributed by atoms with van der Waals surface area (Å²) in [5, 5.41) is 9.35. The van der Waals surface area contributed by atoms with Gasteiger partial charge in [-0.15, -0.1) is 0 Å². The Morgan fingerprint density at radius 3 is 2.57 bits per heavy atom. The predicted molar refractivity (Wildman–Crippen MR) is 55.6 cm³/mol. The largest absolute Gasteiger partial charge is 0.285 e. The molecule has 1 atom stereocenters. The number of nitriles is 1. The monoisotopic (exact) mass is 186 g/mol. The fourth-order valence-corrected chi connectivity index (χ4v) is 2.24. The van der Waals surface area contributed by atoms with Crippen molar-refractivity contribution < 1.29 is 0 Å². The molecule has 0 N–H and O–H groups in total.